The molecular formula is C17H26F3IN4O2. The maximum atomic E-state index is 12.1. The number of halogens is 4. The van der Waals surface area contributed by atoms with Crippen molar-refractivity contribution < 1.29 is 22.6 Å². The lowest BCUT2D eigenvalue weighted by Crippen LogP contribution is -2.40. The minimum absolute atomic E-state index is 0. The third-order valence-electron chi connectivity index (χ3n) is 3.83. The normalized spacial score (nSPS) is 14.5. The molecule has 1 aromatic heterocycles. The van der Waals surface area contributed by atoms with Crippen LogP contribution in [0.4, 0.5) is 13.2 Å². The van der Waals surface area contributed by atoms with Crippen LogP contribution in [0.3, 0.4) is 0 Å². The van der Waals surface area contributed by atoms with Crippen molar-refractivity contribution in [1.29, 1.82) is 0 Å². The zero-order valence-corrected chi connectivity index (χ0v) is 17.8. The van der Waals surface area contributed by atoms with E-state index < -0.39 is 12.8 Å². The summed E-state index contributed by atoms with van der Waals surface area (Å²) < 4.78 is 46.5. The summed E-state index contributed by atoms with van der Waals surface area (Å²) in [6.07, 6.45) is -0.355. The molecule has 1 fully saturated rings. The first kappa shape index (κ1) is 23.7. The minimum atomic E-state index is -4.37. The molecule has 1 N–H and O–H groups in total. The largest absolute Gasteiger partial charge is 0.468 e. The van der Waals surface area contributed by atoms with Gasteiger partial charge in [0.15, 0.2) is 12.6 Å². The smallest absolute Gasteiger partial charge is 0.422 e. The Morgan fingerprint density at radius 2 is 2.11 bits per heavy atom. The molecule has 6 nitrogen and oxygen atoms in total. The van der Waals surface area contributed by atoms with E-state index in [1.165, 1.54) is 25.1 Å². The molecule has 0 spiro atoms. The standard InChI is InChI=1S/C17H25F3N4O2.HI/c1-21-16(24(2)7-8-25-11-13-3-4-13)23-10-14-5-6-15(22-9-14)26-12-17(18,19)20;/h5-6,9,13H,3-4,7-8,10-12H2,1-2H3,(H,21,23);1H. The molecule has 0 bridgehead atoms. The highest BCUT2D eigenvalue weighted by Crippen LogP contribution is 2.28. The monoisotopic (exact) mass is 502 g/mol. The molecule has 2 rings (SSSR count). The van der Waals surface area contributed by atoms with Gasteiger partial charge >= 0.3 is 6.18 Å². The Labute approximate surface area is 174 Å². The first-order valence-electron chi connectivity index (χ1n) is 8.51. The number of pyridine rings is 1. The lowest BCUT2D eigenvalue weighted by molar-refractivity contribution is -0.154. The number of alkyl halides is 3. The van der Waals surface area contributed by atoms with E-state index in [0.29, 0.717) is 19.1 Å². The van der Waals surface area contributed by atoms with Crippen LogP contribution in [0.25, 0.3) is 0 Å². The average molecular weight is 502 g/mol. The van der Waals surface area contributed by atoms with Gasteiger partial charge in [-0.15, -0.1) is 24.0 Å². The van der Waals surface area contributed by atoms with E-state index in [1.807, 2.05) is 11.9 Å². The van der Waals surface area contributed by atoms with Gasteiger partial charge in [0.05, 0.1) is 6.61 Å². The summed E-state index contributed by atoms with van der Waals surface area (Å²) in [5.74, 6) is 1.39. The van der Waals surface area contributed by atoms with Crippen molar-refractivity contribution in [3.63, 3.8) is 0 Å². The molecule has 0 aromatic carbocycles. The fourth-order valence-corrected chi connectivity index (χ4v) is 2.16. The van der Waals surface area contributed by atoms with Crippen LogP contribution in [0.15, 0.2) is 23.3 Å². The fraction of sp³-hybridized carbons (Fsp3) is 0.647. The van der Waals surface area contributed by atoms with Crippen LogP contribution >= 0.6 is 24.0 Å². The van der Waals surface area contributed by atoms with Gasteiger partial charge in [-0.2, -0.15) is 13.2 Å². The summed E-state index contributed by atoms with van der Waals surface area (Å²) in [6.45, 7) is 1.29. The molecular weight excluding hydrogens is 476 g/mol. The second-order valence-electron chi connectivity index (χ2n) is 6.25. The van der Waals surface area contributed by atoms with Gasteiger partial charge < -0.3 is 19.7 Å². The van der Waals surface area contributed by atoms with E-state index in [-0.39, 0.29) is 29.9 Å². The summed E-state index contributed by atoms with van der Waals surface area (Å²) in [5, 5.41) is 3.18. The van der Waals surface area contributed by atoms with E-state index in [9.17, 15) is 13.2 Å². The molecule has 0 amide bonds. The summed E-state index contributed by atoms with van der Waals surface area (Å²) in [4.78, 5) is 10.0. The van der Waals surface area contributed by atoms with Crippen LogP contribution in [-0.4, -0.2) is 62.5 Å². The van der Waals surface area contributed by atoms with Crippen molar-refractivity contribution in [2.45, 2.75) is 25.6 Å². The van der Waals surface area contributed by atoms with Crippen molar-refractivity contribution in [3.8, 4) is 5.88 Å². The molecule has 0 unspecified atom stereocenters. The minimum Gasteiger partial charge on any atom is -0.468 e. The Morgan fingerprint density at radius 3 is 2.67 bits per heavy atom. The number of nitrogens with zero attached hydrogens (tertiary/aromatic N) is 3. The second-order valence-corrected chi connectivity index (χ2v) is 6.25. The third-order valence-corrected chi connectivity index (χ3v) is 3.83. The number of nitrogens with one attached hydrogen (secondary N) is 1. The summed E-state index contributed by atoms with van der Waals surface area (Å²) in [5.41, 5.74) is 0.809. The van der Waals surface area contributed by atoms with Gasteiger partial charge in [-0.1, -0.05) is 6.07 Å². The van der Waals surface area contributed by atoms with Crippen molar-refractivity contribution >= 4 is 29.9 Å². The number of guanidine groups is 1. The van der Waals surface area contributed by atoms with Crippen molar-refractivity contribution in [1.82, 2.24) is 15.2 Å². The molecule has 0 saturated heterocycles. The van der Waals surface area contributed by atoms with Gasteiger partial charge in [-0.3, -0.25) is 4.99 Å². The van der Waals surface area contributed by atoms with Crippen LogP contribution in [-0.2, 0) is 11.3 Å². The summed E-state index contributed by atoms with van der Waals surface area (Å²) >= 11 is 0. The number of aromatic nitrogens is 1. The van der Waals surface area contributed by atoms with Gasteiger partial charge in [0.2, 0.25) is 5.88 Å². The number of likely N-dealkylation sites (N-methyl/N-ethyl adjacent to an activating group) is 1. The maximum absolute atomic E-state index is 12.1. The fourth-order valence-electron chi connectivity index (χ4n) is 2.16. The Morgan fingerprint density at radius 1 is 1.37 bits per heavy atom. The summed E-state index contributed by atoms with van der Waals surface area (Å²) in [6, 6.07) is 3.08. The zero-order valence-electron chi connectivity index (χ0n) is 15.5. The lowest BCUT2D eigenvalue weighted by atomic mass is 10.3. The Hall–Kier alpha value is -1.30. The van der Waals surface area contributed by atoms with Gasteiger partial charge in [-0.25, -0.2) is 4.98 Å². The molecule has 10 heteroatoms. The topological polar surface area (TPSA) is 59.0 Å². The van der Waals surface area contributed by atoms with E-state index >= 15 is 0 Å². The van der Waals surface area contributed by atoms with Crippen molar-refractivity contribution in [3.05, 3.63) is 23.9 Å². The molecule has 1 heterocycles. The van der Waals surface area contributed by atoms with E-state index in [4.69, 9.17) is 4.74 Å². The highest BCUT2D eigenvalue weighted by molar-refractivity contribution is 14.0. The third kappa shape index (κ3) is 9.99. The number of aliphatic imine (C=N–C) groups is 1. The van der Waals surface area contributed by atoms with E-state index in [1.54, 1.807) is 13.1 Å². The van der Waals surface area contributed by atoms with Crippen LogP contribution < -0.4 is 10.1 Å². The van der Waals surface area contributed by atoms with Gasteiger partial charge in [0.1, 0.15) is 0 Å². The van der Waals surface area contributed by atoms with Crippen LogP contribution in [0.2, 0.25) is 0 Å². The molecule has 0 radical (unpaired) electrons. The SMILES string of the molecule is CN=C(NCc1ccc(OCC(F)(F)F)nc1)N(C)CCOCC1CC1.I. The number of rotatable bonds is 9. The van der Waals surface area contributed by atoms with Gasteiger partial charge in [0.25, 0.3) is 0 Å². The van der Waals surface area contributed by atoms with Gasteiger partial charge in [0, 0.05) is 46.1 Å². The zero-order chi connectivity index (χ0) is 19.0. The number of ether oxygens (including phenoxy) is 2. The average Bonchev–Trinajstić information content (AvgIpc) is 3.42. The van der Waals surface area contributed by atoms with E-state index in [0.717, 1.165) is 24.6 Å². The first-order chi connectivity index (χ1) is 12.4. The predicted molar refractivity (Wildman–Crippen MR) is 108 cm³/mol. The molecule has 27 heavy (non-hydrogen) atoms. The highest BCUT2D eigenvalue weighted by atomic mass is 127. The predicted octanol–water partition coefficient (Wildman–Crippen LogP) is 3.07. The van der Waals surface area contributed by atoms with Crippen molar-refractivity contribution in [2.24, 2.45) is 10.9 Å². The Bertz CT molecular complexity index is 581. The molecule has 1 aliphatic carbocycles. The second kappa shape index (κ2) is 11.5. The lowest BCUT2D eigenvalue weighted by Gasteiger charge is -2.22. The molecule has 1 saturated carbocycles. The van der Waals surface area contributed by atoms with Crippen LogP contribution in [0, 0.1) is 5.92 Å². The maximum Gasteiger partial charge on any atom is 0.422 e. The summed E-state index contributed by atoms with van der Waals surface area (Å²) in [7, 11) is 3.61. The number of hydrogen-bond acceptors (Lipinski definition) is 4. The molecule has 154 valence electrons. The van der Waals surface area contributed by atoms with E-state index in [2.05, 4.69) is 20.0 Å². The Balaban J connectivity index is 0.00000364. The molecule has 1 aliphatic rings. The van der Waals surface area contributed by atoms with Crippen molar-refractivity contribution in [2.75, 3.05) is 40.5 Å². The van der Waals surface area contributed by atoms with Gasteiger partial charge in [-0.05, 0) is 24.3 Å². The van der Waals surface area contributed by atoms with Crippen LogP contribution in [0.1, 0.15) is 18.4 Å². The highest BCUT2D eigenvalue weighted by Gasteiger charge is 2.28. The first-order valence-corrected chi connectivity index (χ1v) is 8.51. The number of hydrogen-bond donors (Lipinski definition) is 1. The molecule has 0 atom stereocenters. The Kier molecular flexibility index (Phi) is 10.1. The molecule has 1 aromatic rings. The molecule has 0 aliphatic heterocycles. The quantitative estimate of drug-likeness (QED) is 0.244. The van der Waals surface area contributed by atoms with Crippen LogP contribution in [0.5, 0.6) is 5.88 Å².